The van der Waals surface area contributed by atoms with Crippen LogP contribution in [0.1, 0.15) is 6.92 Å². The quantitative estimate of drug-likeness (QED) is 0.443. The van der Waals surface area contributed by atoms with Crippen LogP contribution in [-0.4, -0.2) is 41.7 Å². The molecule has 0 aromatic heterocycles. The molecule has 3 aromatic rings. The molecule has 35 heavy (non-hydrogen) atoms. The van der Waals surface area contributed by atoms with Crippen molar-refractivity contribution in [3.63, 3.8) is 0 Å². The summed E-state index contributed by atoms with van der Waals surface area (Å²) < 4.78 is 71.1. The molecule has 0 aliphatic rings. The maximum absolute atomic E-state index is 14.0. The van der Waals surface area contributed by atoms with Crippen LogP contribution >= 0.6 is 0 Å². The fraction of sp³-hybridized carbons (Fsp3) is 0.208. The number of sulfonamides is 1. The average molecular weight is 507 g/mol. The van der Waals surface area contributed by atoms with Crippen LogP contribution < -0.4 is 23.8 Å². The number of amides is 1. The molecule has 0 radical (unpaired) electrons. The minimum Gasteiger partial charge on any atom is -0.494 e. The van der Waals surface area contributed by atoms with Crippen molar-refractivity contribution < 1.29 is 36.2 Å². The largest absolute Gasteiger partial charge is 0.494 e. The summed E-state index contributed by atoms with van der Waals surface area (Å²) >= 11 is 0. The Morgan fingerprint density at radius 1 is 0.943 bits per heavy atom. The first-order valence-corrected chi connectivity index (χ1v) is 11.9. The monoisotopic (exact) mass is 506 g/mol. The van der Waals surface area contributed by atoms with Gasteiger partial charge in [-0.2, -0.15) is 0 Å². The lowest BCUT2D eigenvalue weighted by atomic mass is 10.3. The van der Waals surface area contributed by atoms with Gasteiger partial charge < -0.3 is 19.5 Å². The van der Waals surface area contributed by atoms with Crippen molar-refractivity contribution in [2.45, 2.75) is 11.8 Å². The third-order valence-electron chi connectivity index (χ3n) is 4.87. The van der Waals surface area contributed by atoms with E-state index in [1.807, 2.05) is 0 Å². The van der Waals surface area contributed by atoms with Gasteiger partial charge in [-0.05, 0) is 55.5 Å². The summed E-state index contributed by atoms with van der Waals surface area (Å²) in [5.74, 6) is -1.63. The van der Waals surface area contributed by atoms with Crippen LogP contribution in [0.25, 0.3) is 0 Å². The van der Waals surface area contributed by atoms with Gasteiger partial charge in [-0.1, -0.05) is 0 Å². The Balaban J connectivity index is 1.99. The molecule has 1 amide bonds. The molecule has 0 saturated carbocycles. The second-order valence-corrected chi connectivity index (χ2v) is 8.99. The van der Waals surface area contributed by atoms with Gasteiger partial charge in [-0.25, -0.2) is 17.2 Å². The maximum atomic E-state index is 14.0. The molecule has 11 heteroatoms. The molecule has 0 saturated heterocycles. The zero-order chi connectivity index (χ0) is 25.6. The highest BCUT2D eigenvalue weighted by Crippen LogP contribution is 2.32. The molecule has 8 nitrogen and oxygen atoms in total. The predicted molar refractivity (Wildman–Crippen MR) is 127 cm³/mol. The van der Waals surface area contributed by atoms with Crippen LogP contribution in [-0.2, 0) is 14.8 Å². The van der Waals surface area contributed by atoms with Crippen molar-refractivity contribution in [1.82, 2.24) is 0 Å². The molecule has 0 bridgehead atoms. The highest BCUT2D eigenvalue weighted by molar-refractivity contribution is 7.92. The number of benzene rings is 3. The van der Waals surface area contributed by atoms with Gasteiger partial charge in [0.05, 0.1) is 37.1 Å². The number of nitrogens with zero attached hydrogens (tertiary/aromatic N) is 1. The summed E-state index contributed by atoms with van der Waals surface area (Å²) in [5.41, 5.74) is -0.121. The van der Waals surface area contributed by atoms with Crippen molar-refractivity contribution in [2.24, 2.45) is 0 Å². The van der Waals surface area contributed by atoms with Crippen LogP contribution in [0.15, 0.2) is 65.6 Å². The summed E-state index contributed by atoms with van der Waals surface area (Å²) in [6, 6.07) is 12.7. The highest BCUT2D eigenvalue weighted by Gasteiger charge is 2.29. The summed E-state index contributed by atoms with van der Waals surface area (Å²) in [5, 5.41) is 2.28. The van der Waals surface area contributed by atoms with E-state index in [1.165, 1.54) is 44.6 Å². The van der Waals surface area contributed by atoms with E-state index >= 15 is 0 Å². The molecular weight excluding hydrogens is 482 g/mol. The Bertz CT molecular complexity index is 1300. The summed E-state index contributed by atoms with van der Waals surface area (Å²) in [6.45, 7) is 1.53. The first kappa shape index (κ1) is 25.8. The molecular formula is C24H24F2N2O6S. The number of carbonyl (C=O) groups is 1. The number of anilines is 2. The molecule has 0 heterocycles. The number of halogens is 2. The zero-order valence-corrected chi connectivity index (χ0v) is 20.1. The average Bonchev–Trinajstić information content (AvgIpc) is 2.84. The standard InChI is InChI=1S/C24H24F2N2O6S/c1-4-34-18-8-6-17(7-9-18)28(15-24(29)27-21-11-5-16(25)13-20(21)26)35(30,31)19-10-12-22(32-2)23(14-19)33-3/h5-14H,4,15H2,1-3H3,(H,27,29). The molecule has 186 valence electrons. The zero-order valence-electron chi connectivity index (χ0n) is 19.2. The number of hydrogen-bond acceptors (Lipinski definition) is 6. The van der Waals surface area contributed by atoms with Crippen molar-refractivity contribution >= 4 is 27.3 Å². The van der Waals surface area contributed by atoms with E-state index in [2.05, 4.69) is 5.32 Å². The molecule has 0 fully saturated rings. The number of ether oxygens (including phenoxy) is 3. The van der Waals surface area contributed by atoms with Crippen molar-refractivity contribution in [1.29, 1.82) is 0 Å². The van der Waals surface area contributed by atoms with E-state index < -0.39 is 34.1 Å². The van der Waals surface area contributed by atoms with Crippen molar-refractivity contribution in [2.75, 3.05) is 37.0 Å². The molecule has 3 aromatic carbocycles. The fourth-order valence-corrected chi connectivity index (χ4v) is 4.64. The minimum absolute atomic E-state index is 0.162. The molecule has 0 unspecified atom stereocenters. The Kier molecular flexibility index (Phi) is 8.13. The summed E-state index contributed by atoms with van der Waals surface area (Å²) in [7, 11) is -1.52. The molecule has 0 aliphatic heterocycles. The van der Waals surface area contributed by atoms with Gasteiger partial charge in [0.2, 0.25) is 5.91 Å². The van der Waals surface area contributed by atoms with Crippen LogP contribution in [0.5, 0.6) is 17.2 Å². The van der Waals surface area contributed by atoms with Gasteiger partial charge in [0.1, 0.15) is 23.9 Å². The topological polar surface area (TPSA) is 94.2 Å². The summed E-state index contributed by atoms with van der Waals surface area (Å²) in [4.78, 5) is 12.6. The second-order valence-electron chi connectivity index (χ2n) is 7.13. The first-order chi connectivity index (χ1) is 16.7. The van der Waals surface area contributed by atoms with Gasteiger partial charge in [-0.3, -0.25) is 9.10 Å². The van der Waals surface area contributed by atoms with Gasteiger partial charge in [-0.15, -0.1) is 0 Å². The number of rotatable bonds is 10. The Morgan fingerprint density at radius 2 is 1.63 bits per heavy atom. The van der Waals surface area contributed by atoms with Crippen LogP contribution in [0, 0.1) is 11.6 Å². The van der Waals surface area contributed by atoms with E-state index in [9.17, 15) is 22.0 Å². The highest BCUT2D eigenvalue weighted by atomic mass is 32.2. The van der Waals surface area contributed by atoms with Gasteiger partial charge in [0.15, 0.2) is 11.5 Å². The van der Waals surface area contributed by atoms with E-state index in [0.29, 0.717) is 24.2 Å². The van der Waals surface area contributed by atoms with E-state index in [0.717, 1.165) is 16.4 Å². The lowest BCUT2D eigenvalue weighted by Crippen LogP contribution is -2.38. The molecule has 0 atom stereocenters. The molecule has 0 aliphatic carbocycles. The Labute approximate surface area is 202 Å². The maximum Gasteiger partial charge on any atom is 0.264 e. The molecule has 1 N–H and O–H groups in total. The molecule has 3 rings (SSSR count). The lowest BCUT2D eigenvalue weighted by molar-refractivity contribution is -0.114. The Hall–Kier alpha value is -3.86. The second kappa shape index (κ2) is 11.0. The normalized spacial score (nSPS) is 11.0. The Morgan fingerprint density at radius 3 is 2.23 bits per heavy atom. The SMILES string of the molecule is CCOc1ccc(N(CC(=O)Nc2ccc(F)cc2F)S(=O)(=O)c2ccc(OC)c(OC)c2)cc1. The number of hydrogen-bond donors (Lipinski definition) is 1. The van der Waals surface area contributed by atoms with Gasteiger partial charge >= 0.3 is 0 Å². The third kappa shape index (κ3) is 5.99. The third-order valence-corrected chi connectivity index (χ3v) is 6.64. The van der Waals surface area contributed by atoms with Crippen molar-refractivity contribution in [3.8, 4) is 17.2 Å². The van der Waals surface area contributed by atoms with E-state index in [1.54, 1.807) is 19.1 Å². The van der Waals surface area contributed by atoms with Crippen LogP contribution in [0.4, 0.5) is 20.2 Å². The minimum atomic E-state index is -4.30. The summed E-state index contributed by atoms with van der Waals surface area (Å²) in [6.07, 6.45) is 0. The van der Waals surface area contributed by atoms with Crippen molar-refractivity contribution in [3.05, 3.63) is 72.3 Å². The van der Waals surface area contributed by atoms with E-state index in [4.69, 9.17) is 14.2 Å². The fourth-order valence-electron chi connectivity index (χ4n) is 3.21. The number of carbonyl (C=O) groups excluding carboxylic acids is 1. The smallest absolute Gasteiger partial charge is 0.264 e. The predicted octanol–water partition coefficient (Wildman–Crippen LogP) is 4.21. The van der Waals surface area contributed by atoms with Gasteiger partial charge in [0, 0.05) is 12.1 Å². The lowest BCUT2D eigenvalue weighted by Gasteiger charge is -2.25. The van der Waals surface area contributed by atoms with Crippen LogP contribution in [0.2, 0.25) is 0 Å². The first-order valence-electron chi connectivity index (χ1n) is 10.4. The number of methoxy groups -OCH3 is 2. The van der Waals surface area contributed by atoms with E-state index in [-0.39, 0.29) is 22.0 Å². The van der Waals surface area contributed by atoms with Crippen LogP contribution in [0.3, 0.4) is 0 Å². The van der Waals surface area contributed by atoms with Gasteiger partial charge in [0.25, 0.3) is 10.0 Å². The molecule has 0 spiro atoms. The number of nitrogens with one attached hydrogen (secondary N) is 1.